The normalized spacial score (nSPS) is 19.6. The standard InChI is InChI=1S/C13H17N5O/c1-9-6-11-7-17(4-5-18(11)16-9)8-12-14-15-13(19-12)10-2-3-10/h6,10H,2-5,7-8H2,1H3. The molecule has 6 heteroatoms. The van der Waals surface area contributed by atoms with Crippen LogP contribution in [0.2, 0.25) is 0 Å². The third-order valence-electron chi connectivity index (χ3n) is 3.77. The van der Waals surface area contributed by atoms with Crippen molar-refractivity contribution in [3.63, 3.8) is 0 Å². The van der Waals surface area contributed by atoms with E-state index < -0.39 is 0 Å². The molecule has 19 heavy (non-hydrogen) atoms. The Balaban J connectivity index is 1.45. The van der Waals surface area contributed by atoms with Crippen molar-refractivity contribution in [1.29, 1.82) is 0 Å². The van der Waals surface area contributed by atoms with Crippen LogP contribution in [-0.2, 0) is 19.6 Å². The monoisotopic (exact) mass is 259 g/mol. The maximum Gasteiger partial charge on any atom is 0.230 e. The number of aryl methyl sites for hydroxylation is 1. The van der Waals surface area contributed by atoms with Crippen molar-refractivity contribution in [1.82, 2.24) is 24.9 Å². The molecule has 0 bridgehead atoms. The van der Waals surface area contributed by atoms with Crippen LogP contribution in [-0.4, -0.2) is 31.4 Å². The molecule has 2 aromatic rings. The molecule has 0 saturated heterocycles. The summed E-state index contributed by atoms with van der Waals surface area (Å²) in [7, 11) is 0. The Bertz CT molecular complexity index is 598. The second-order valence-electron chi connectivity index (χ2n) is 5.52. The van der Waals surface area contributed by atoms with Crippen molar-refractivity contribution in [3.8, 4) is 0 Å². The van der Waals surface area contributed by atoms with Crippen molar-refractivity contribution in [2.45, 2.75) is 45.3 Å². The van der Waals surface area contributed by atoms with Gasteiger partial charge in [0, 0.05) is 19.0 Å². The number of rotatable bonds is 3. The first-order valence-corrected chi connectivity index (χ1v) is 6.86. The third kappa shape index (κ3) is 2.16. The number of nitrogens with zero attached hydrogens (tertiary/aromatic N) is 5. The van der Waals surface area contributed by atoms with Crippen LogP contribution >= 0.6 is 0 Å². The zero-order valence-corrected chi connectivity index (χ0v) is 11.0. The van der Waals surface area contributed by atoms with Crippen LogP contribution in [0, 0.1) is 6.92 Å². The molecule has 100 valence electrons. The van der Waals surface area contributed by atoms with Crippen LogP contribution in [0.3, 0.4) is 0 Å². The van der Waals surface area contributed by atoms with E-state index in [0.29, 0.717) is 5.92 Å². The highest BCUT2D eigenvalue weighted by atomic mass is 16.4. The summed E-state index contributed by atoms with van der Waals surface area (Å²) >= 11 is 0. The quantitative estimate of drug-likeness (QED) is 0.835. The first-order chi connectivity index (χ1) is 9.28. The number of fused-ring (bicyclic) bond motifs is 1. The summed E-state index contributed by atoms with van der Waals surface area (Å²) in [4.78, 5) is 2.33. The van der Waals surface area contributed by atoms with E-state index in [1.807, 2.05) is 6.92 Å². The van der Waals surface area contributed by atoms with Crippen LogP contribution in [0.4, 0.5) is 0 Å². The van der Waals surface area contributed by atoms with E-state index in [1.54, 1.807) is 0 Å². The van der Waals surface area contributed by atoms with Gasteiger partial charge in [-0.1, -0.05) is 0 Å². The summed E-state index contributed by atoms with van der Waals surface area (Å²) in [5.74, 6) is 2.10. The van der Waals surface area contributed by atoms with Crippen molar-refractivity contribution < 1.29 is 4.42 Å². The molecule has 0 N–H and O–H groups in total. The van der Waals surface area contributed by atoms with Crippen LogP contribution in [0.1, 0.15) is 41.9 Å². The maximum absolute atomic E-state index is 5.72. The molecule has 1 aliphatic carbocycles. The fraction of sp³-hybridized carbons (Fsp3) is 0.615. The first-order valence-electron chi connectivity index (χ1n) is 6.86. The Hall–Kier alpha value is -1.69. The van der Waals surface area contributed by atoms with E-state index in [9.17, 15) is 0 Å². The largest absolute Gasteiger partial charge is 0.424 e. The smallest absolute Gasteiger partial charge is 0.230 e. The van der Waals surface area contributed by atoms with Gasteiger partial charge in [-0.15, -0.1) is 10.2 Å². The van der Waals surface area contributed by atoms with Crippen molar-refractivity contribution in [2.75, 3.05) is 6.54 Å². The van der Waals surface area contributed by atoms with Gasteiger partial charge in [0.2, 0.25) is 11.8 Å². The Kier molecular flexibility index (Phi) is 2.44. The molecular formula is C13H17N5O. The Morgan fingerprint density at radius 2 is 2.21 bits per heavy atom. The molecule has 1 saturated carbocycles. The Labute approximate surface area is 111 Å². The molecule has 0 unspecified atom stereocenters. The van der Waals surface area contributed by atoms with Crippen molar-refractivity contribution in [3.05, 3.63) is 29.2 Å². The molecule has 0 radical (unpaired) electrons. The predicted molar refractivity (Wildman–Crippen MR) is 67.4 cm³/mol. The summed E-state index contributed by atoms with van der Waals surface area (Å²) in [6.45, 7) is 5.60. The molecule has 2 aliphatic rings. The molecule has 0 aromatic carbocycles. The molecule has 0 atom stereocenters. The average molecular weight is 259 g/mol. The molecule has 4 rings (SSSR count). The van der Waals surface area contributed by atoms with E-state index in [1.165, 1.54) is 18.5 Å². The zero-order valence-electron chi connectivity index (χ0n) is 11.0. The fourth-order valence-corrected chi connectivity index (χ4v) is 2.62. The number of hydrogen-bond donors (Lipinski definition) is 0. The molecule has 0 spiro atoms. The lowest BCUT2D eigenvalue weighted by Crippen LogP contribution is -2.33. The third-order valence-corrected chi connectivity index (χ3v) is 3.77. The molecule has 6 nitrogen and oxygen atoms in total. The number of aromatic nitrogens is 4. The van der Waals surface area contributed by atoms with Gasteiger partial charge in [0.05, 0.1) is 24.5 Å². The summed E-state index contributed by atoms with van der Waals surface area (Å²) < 4.78 is 7.81. The molecule has 1 aliphatic heterocycles. The lowest BCUT2D eigenvalue weighted by molar-refractivity contribution is 0.186. The lowest BCUT2D eigenvalue weighted by Gasteiger charge is -2.25. The van der Waals surface area contributed by atoms with Gasteiger partial charge in [-0.25, -0.2) is 0 Å². The van der Waals surface area contributed by atoms with E-state index in [-0.39, 0.29) is 0 Å². The molecule has 2 aromatic heterocycles. The summed E-state index contributed by atoms with van der Waals surface area (Å²) in [6, 6.07) is 2.15. The van der Waals surface area contributed by atoms with E-state index >= 15 is 0 Å². The van der Waals surface area contributed by atoms with Crippen LogP contribution < -0.4 is 0 Å². The van der Waals surface area contributed by atoms with Gasteiger partial charge in [-0.3, -0.25) is 9.58 Å². The number of hydrogen-bond acceptors (Lipinski definition) is 5. The van der Waals surface area contributed by atoms with Gasteiger partial charge < -0.3 is 4.42 Å². The van der Waals surface area contributed by atoms with Gasteiger partial charge in [-0.2, -0.15) is 5.10 Å². The first kappa shape index (κ1) is 11.2. The summed E-state index contributed by atoms with van der Waals surface area (Å²) in [5, 5.41) is 12.8. The van der Waals surface area contributed by atoms with Crippen LogP contribution in [0.5, 0.6) is 0 Å². The van der Waals surface area contributed by atoms with Crippen LogP contribution in [0.25, 0.3) is 0 Å². The lowest BCUT2D eigenvalue weighted by atomic mass is 10.3. The minimum atomic E-state index is 0.534. The van der Waals surface area contributed by atoms with Gasteiger partial charge in [0.25, 0.3) is 0 Å². The SMILES string of the molecule is Cc1cc2n(n1)CCN(Cc1nnc(C3CC3)o1)C2. The fourth-order valence-electron chi connectivity index (χ4n) is 2.62. The van der Waals surface area contributed by atoms with E-state index in [4.69, 9.17) is 4.42 Å². The van der Waals surface area contributed by atoms with Crippen LogP contribution in [0.15, 0.2) is 10.5 Å². The van der Waals surface area contributed by atoms with E-state index in [2.05, 4.69) is 30.9 Å². The Morgan fingerprint density at radius 1 is 1.32 bits per heavy atom. The molecule has 0 amide bonds. The Morgan fingerprint density at radius 3 is 3.05 bits per heavy atom. The molecular weight excluding hydrogens is 242 g/mol. The highest BCUT2D eigenvalue weighted by Gasteiger charge is 2.29. The second kappa shape index (κ2) is 4.16. The minimum Gasteiger partial charge on any atom is -0.424 e. The van der Waals surface area contributed by atoms with Crippen molar-refractivity contribution in [2.24, 2.45) is 0 Å². The van der Waals surface area contributed by atoms with Gasteiger partial charge >= 0.3 is 0 Å². The topological polar surface area (TPSA) is 60.0 Å². The average Bonchev–Trinajstić information content (AvgIpc) is 3.02. The minimum absolute atomic E-state index is 0.534. The van der Waals surface area contributed by atoms with Gasteiger partial charge in [0.1, 0.15) is 0 Å². The predicted octanol–water partition coefficient (Wildman–Crippen LogP) is 1.47. The summed E-state index contributed by atoms with van der Waals surface area (Å²) in [6.07, 6.45) is 2.40. The zero-order chi connectivity index (χ0) is 12.8. The van der Waals surface area contributed by atoms with E-state index in [0.717, 1.165) is 43.7 Å². The molecule has 3 heterocycles. The maximum atomic E-state index is 5.72. The van der Waals surface area contributed by atoms with Crippen molar-refractivity contribution >= 4 is 0 Å². The highest BCUT2D eigenvalue weighted by Crippen LogP contribution is 2.39. The molecule has 1 fully saturated rings. The highest BCUT2D eigenvalue weighted by molar-refractivity contribution is 5.10. The second-order valence-corrected chi connectivity index (χ2v) is 5.52. The summed E-state index contributed by atoms with van der Waals surface area (Å²) in [5.41, 5.74) is 2.36. The van der Waals surface area contributed by atoms with Gasteiger partial charge in [0.15, 0.2) is 0 Å². The van der Waals surface area contributed by atoms with Gasteiger partial charge in [-0.05, 0) is 25.8 Å².